The van der Waals surface area contributed by atoms with Gasteiger partial charge in [0.15, 0.2) is 0 Å². The third-order valence-corrected chi connectivity index (χ3v) is 1.74. The lowest BCUT2D eigenvalue weighted by Gasteiger charge is -2.03. The highest BCUT2D eigenvalue weighted by molar-refractivity contribution is 6.32. The number of hydrogen-bond donors (Lipinski definition) is 0. The molecular weight excluding hydrogens is 187 g/mol. The van der Waals surface area contributed by atoms with Crippen molar-refractivity contribution in [2.24, 2.45) is 0 Å². The van der Waals surface area contributed by atoms with Crippen molar-refractivity contribution in [3.8, 4) is 5.88 Å². The van der Waals surface area contributed by atoms with Crippen LogP contribution in [0.3, 0.4) is 0 Å². The molecule has 0 saturated heterocycles. The van der Waals surface area contributed by atoms with Crippen molar-refractivity contribution < 1.29 is 4.74 Å². The molecule has 0 fully saturated rings. The lowest BCUT2D eigenvalue weighted by molar-refractivity contribution is 0.393. The number of rotatable bonds is 1. The predicted octanol–water partition coefficient (Wildman–Crippen LogP) is 2.10. The monoisotopic (exact) mass is 192 g/mol. The molecule has 0 radical (unpaired) electrons. The van der Waals surface area contributed by atoms with E-state index < -0.39 is 0 Å². The average Bonchev–Trinajstić information content (AvgIpc) is 1.96. The number of halogens is 2. The van der Waals surface area contributed by atoms with Gasteiger partial charge in [-0.25, -0.2) is 4.98 Å². The quantitative estimate of drug-likeness (QED) is 0.506. The Morgan fingerprint density at radius 3 is 2.45 bits per heavy atom. The van der Waals surface area contributed by atoms with Crippen molar-refractivity contribution in [2.45, 2.75) is 6.92 Å². The fourth-order valence-electron chi connectivity index (χ4n) is 0.644. The highest BCUT2D eigenvalue weighted by atomic mass is 35.5. The Morgan fingerprint density at radius 1 is 1.27 bits per heavy atom. The van der Waals surface area contributed by atoms with Gasteiger partial charge in [0.05, 0.1) is 7.11 Å². The molecule has 0 aromatic carbocycles. The molecule has 1 aromatic heterocycles. The van der Waals surface area contributed by atoms with Gasteiger partial charge >= 0.3 is 0 Å². The summed E-state index contributed by atoms with van der Waals surface area (Å²) in [6, 6.07) is 0. The number of aromatic nitrogens is 2. The Kier molecular flexibility index (Phi) is 2.52. The second-order valence-electron chi connectivity index (χ2n) is 1.92. The first-order valence-electron chi connectivity index (χ1n) is 2.88. The van der Waals surface area contributed by atoms with E-state index in [2.05, 4.69) is 9.97 Å². The SMILES string of the molecule is COc1nc(Cl)nc(Cl)c1C. The third-order valence-electron chi connectivity index (χ3n) is 1.21. The van der Waals surface area contributed by atoms with Crippen molar-refractivity contribution in [3.63, 3.8) is 0 Å². The summed E-state index contributed by atoms with van der Waals surface area (Å²) in [6.45, 7) is 1.76. The summed E-state index contributed by atoms with van der Waals surface area (Å²) < 4.78 is 4.89. The molecule has 0 amide bonds. The summed E-state index contributed by atoms with van der Waals surface area (Å²) in [5.74, 6) is 0.412. The maximum atomic E-state index is 5.68. The number of methoxy groups -OCH3 is 1. The van der Waals surface area contributed by atoms with Gasteiger partial charge in [-0.2, -0.15) is 4.98 Å². The van der Waals surface area contributed by atoms with Gasteiger partial charge < -0.3 is 4.74 Å². The van der Waals surface area contributed by atoms with Crippen molar-refractivity contribution in [3.05, 3.63) is 16.0 Å². The van der Waals surface area contributed by atoms with E-state index in [1.807, 2.05) is 0 Å². The van der Waals surface area contributed by atoms with Crippen LogP contribution in [0.5, 0.6) is 5.88 Å². The molecule has 0 saturated carbocycles. The second-order valence-corrected chi connectivity index (χ2v) is 2.61. The van der Waals surface area contributed by atoms with E-state index in [1.54, 1.807) is 6.92 Å². The van der Waals surface area contributed by atoms with E-state index in [0.29, 0.717) is 16.6 Å². The van der Waals surface area contributed by atoms with Crippen molar-refractivity contribution >= 4 is 23.2 Å². The third kappa shape index (κ3) is 1.73. The molecule has 0 spiro atoms. The zero-order valence-corrected chi connectivity index (χ0v) is 7.57. The van der Waals surface area contributed by atoms with Crippen LogP contribution in [-0.4, -0.2) is 17.1 Å². The van der Waals surface area contributed by atoms with E-state index in [1.165, 1.54) is 7.11 Å². The summed E-state index contributed by atoms with van der Waals surface area (Å²) in [7, 11) is 1.50. The summed E-state index contributed by atoms with van der Waals surface area (Å²) in [4.78, 5) is 7.52. The van der Waals surface area contributed by atoms with Gasteiger partial charge in [-0.05, 0) is 18.5 Å². The van der Waals surface area contributed by atoms with Gasteiger partial charge in [-0.15, -0.1) is 0 Å². The van der Waals surface area contributed by atoms with Crippen molar-refractivity contribution in [2.75, 3.05) is 7.11 Å². The number of hydrogen-bond acceptors (Lipinski definition) is 3. The molecule has 1 rings (SSSR count). The molecule has 0 bridgehead atoms. The lowest BCUT2D eigenvalue weighted by atomic mass is 10.4. The standard InChI is InChI=1S/C6H6Cl2N2O/c1-3-4(7)9-6(8)10-5(3)11-2/h1-2H3. The van der Waals surface area contributed by atoms with Crippen LogP contribution in [0.15, 0.2) is 0 Å². The van der Waals surface area contributed by atoms with E-state index >= 15 is 0 Å². The van der Waals surface area contributed by atoms with E-state index in [0.717, 1.165) is 0 Å². The first-order valence-corrected chi connectivity index (χ1v) is 3.64. The minimum Gasteiger partial charge on any atom is -0.481 e. The fourth-order valence-corrected chi connectivity index (χ4v) is 1.01. The lowest BCUT2D eigenvalue weighted by Crippen LogP contribution is -1.94. The van der Waals surface area contributed by atoms with Crippen LogP contribution in [0, 0.1) is 6.92 Å². The van der Waals surface area contributed by atoms with E-state index in [4.69, 9.17) is 27.9 Å². The molecule has 0 aliphatic rings. The number of nitrogens with zero attached hydrogens (tertiary/aromatic N) is 2. The van der Waals surface area contributed by atoms with Crippen LogP contribution in [0.1, 0.15) is 5.56 Å². The largest absolute Gasteiger partial charge is 0.481 e. The highest BCUT2D eigenvalue weighted by Gasteiger charge is 2.07. The molecule has 60 valence electrons. The zero-order chi connectivity index (χ0) is 8.43. The first-order chi connectivity index (χ1) is 5.15. The normalized spacial score (nSPS) is 9.82. The second kappa shape index (κ2) is 3.24. The molecule has 0 aliphatic heterocycles. The van der Waals surface area contributed by atoms with Gasteiger partial charge in [0.1, 0.15) is 5.15 Å². The predicted molar refractivity (Wildman–Crippen MR) is 43.3 cm³/mol. The van der Waals surface area contributed by atoms with Crippen LogP contribution in [-0.2, 0) is 0 Å². The summed E-state index contributed by atoms with van der Waals surface area (Å²) in [5.41, 5.74) is 0.693. The molecule has 0 atom stereocenters. The van der Waals surface area contributed by atoms with Crippen LogP contribution in [0.25, 0.3) is 0 Å². The molecule has 1 heterocycles. The Morgan fingerprint density at radius 2 is 1.91 bits per heavy atom. The van der Waals surface area contributed by atoms with Crippen molar-refractivity contribution in [1.29, 1.82) is 0 Å². The Bertz CT molecular complexity index is 278. The average molecular weight is 193 g/mol. The van der Waals surface area contributed by atoms with Gasteiger partial charge in [-0.3, -0.25) is 0 Å². The van der Waals surface area contributed by atoms with Gasteiger partial charge in [0, 0.05) is 5.56 Å². The summed E-state index contributed by atoms with van der Waals surface area (Å²) in [5, 5.41) is 0.416. The minimum atomic E-state index is 0.0949. The number of ether oxygens (including phenoxy) is 1. The van der Waals surface area contributed by atoms with E-state index in [-0.39, 0.29) is 5.28 Å². The molecule has 0 aliphatic carbocycles. The summed E-state index contributed by atoms with van der Waals surface area (Å²) in [6.07, 6.45) is 0. The molecule has 5 heteroatoms. The smallest absolute Gasteiger partial charge is 0.227 e. The Labute approximate surface area is 74.3 Å². The molecule has 0 N–H and O–H groups in total. The molecule has 3 nitrogen and oxygen atoms in total. The van der Waals surface area contributed by atoms with Gasteiger partial charge in [0.2, 0.25) is 11.2 Å². The van der Waals surface area contributed by atoms with Crippen LogP contribution in [0.4, 0.5) is 0 Å². The maximum absolute atomic E-state index is 5.68. The van der Waals surface area contributed by atoms with Crippen LogP contribution in [0.2, 0.25) is 10.4 Å². The molecule has 11 heavy (non-hydrogen) atoms. The highest BCUT2D eigenvalue weighted by Crippen LogP contribution is 2.22. The zero-order valence-electron chi connectivity index (χ0n) is 6.06. The van der Waals surface area contributed by atoms with Crippen molar-refractivity contribution in [1.82, 2.24) is 9.97 Å². The minimum absolute atomic E-state index is 0.0949. The molecular formula is C6H6Cl2N2O. The first kappa shape index (κ1) is 8.56. The van der Waals surface area contributed by atoms with Gasteiger partial charge in [-0.1, -0.05) is 11.6 Å². The Hall–Kier alpha value is -0.540. The van der Waals surface area contributed by atoms with Crippen LogP contribution < -0.4 is 4.74 Å². The molecule has 0 unspecified atom stereocenters. The topological polar surface area (TPSA) is 35.0 Å². The molecule has 1 aromatic rings. The summed E-state index contributed by atoms with van der Waals surface area (Å²) >= 11 is 11.2. The van der Waals surface area contributed by atoms with Crippen LogP contribution >= 0.6 is 23.2 Å². The Balaban J connectivity index is 3.24. The van der Waals surface area contributed by atoms with Gasteiger partial charge in [0.25, 0.3) is 0 Å². The van der Waals surface area contributed by atoms with E-state index in [9.17, 15) is 0 Å². The fraction of sp³-hybridized carbons (Fsp3) is 0.333. The maximum Gasteiger partial charge on any atom is 0.227 e.